The van der Waals surface area contributed by atoms with E-state index in [0.717, 1.165) is 17.0 Å². The smallest absolute Gasteiger partial charge is 0.261 e. The molecule has 1 fully saturated rings. The molecule has 1 aliphatic heterocycles. The van der Waals surface area contributed by atoms with E-state index >= 15 is 0 Å². The van der Waals surface area contributed by atoms with Crippen molar-refractivity contribution in [2.24, 2.45) is 0 Å². The Hall–Kier alpha value is -0.870. The van der Waals surface area contributed by atoms with Crippen LogP contribution in [0, 0.1) is 6.92 Å². The summed E-state index contributed by atoms with van der Waals surface area (Å²) < 4.78 is 0. The maximum absolute atomic E-state index is 11.9. The second kappa shape index (κ2) is 5.65. The van der Waals surface area contributed by atoms with Crippen molar-refractivity contribution in [3.8, 4) is 0 Å². The molecule has 1 unspecified atom stereocenters. The average molecular weight is 252 g/mol. The molecule has 2 rings (SSSR count). The van der Waals surface area contributed by atoms with Crippen LogP contribution in [0.15, 0.2) is 11.4 Å². The molecule has 0 radical (unpaired) electrons. The number of nitrogens with one attached hydrogen (secondary N) is 1. The third-order valence-corrected chi connectivity index (χ3v) is 4.41. The zero-order valence-electron chi connectivity index (χ0n) is 10.5. The number of rotatable bonds is 4. The lowest BCUT2D eigenvalue weighted by Crippen LogP contribution is -2.40. The van der Waals surface area contributed by atoms with Crippen molar-refractivity contribution in [3.05, 3.63) is 21.9 Å². The van der Waals surface area contributed by atoms with Crippen molar-refractivity contribution >= 4 is 17.2 Å². The van der Waals surface area contributed by atoms with Gasteiger partial charge in [-0.25, -0.2) is 0 Å². The molecule has 1 aliphatic rings. The van der Waals surface area contributed by atoms with Gasteiger partial charge in [-0.3, -0.25) is 9.69 Å². The number of aryl methyl sites for hydroxylation is 1. The molecule has 0 saturated carbocycles. The van der Waals surface area contributed by atoms with Crippen LogP contribution in [-0.4, -0.2) is 36.5 Å². The van der Waals surface area contributed by atoms with Crippen molar-refractivity contribution in [2.45, 2.75) is 32.7 Å². The van der Waals surface area contributed by atoms with Crippen molar-refractivity contribution < 1.29 is 4.79 Å². The Morgan fingerprint density at radius 2 is 2.24 bits per heavy atom. The molecule has 0 aromatic carbocycles. The van der Waals surface area contributed by atoms with Crippen LogP contribution < -0.4 is 5.32 Å². The summed E-state index contributed by atoms with van der Waals surface area (Å²) in [7, 11) is 0. The summed E-state index contributed by atoms with van der Waals surface area (Å²) in [6, 6.07) is 2.44. The molecule has 94 valence electrons. The highest BCUT2D eigenvalue weighted by Gasteiger charge is 2.19. The molecule has 17 heavy (non-hydrogen) atoms. The van der Waals surface area contributed by atoms with E-state index in [0.29, 0.717) is 6.04 Å². The van der Waals surface area contributed by atoms with Crippen LogP contribution in [0.2, 0.25) is 0 Å². The van der Waals surface area contributed by atoms with Gasteiger partial charge in [0.05, 0.1) is 4.88 Å². The topological polar surface area (TPSA) is 32.3 Å². The van der Waals surface area contributed by atoms with Gasteiger partial charge in [0, 0.05) is 12.6 Å². The molecule has 1 atom stereocenters. The molecule has 0 aliphatic carbocycles. The van der Waals surface area contributed by atoms with Gasteiger partial charge < -0.3 is 5.32 Å². The Bertz CT molecular complexity index is 383. The molecule has 1 N–H and O–H groups in total. The fourth-order valence-corrected chi connectivity index (χ4v) is 3.08. The molecule has 0 spiro atoms. The van der Waals surface area contributed by atoms with Crippen LogP contribution >= 0.6 is 11.3 Å². The largest absolute Gasteiger partial charge is 0.350 e. The van der Waals surface area contributed by atoms with Gasteiger partial charge in [0.2, 0.25) is 0 Å². The van der Waals surface area contributed by atoms with E-state index < -0.39 is 0 Å². The van der Waals surface area contributed by atoms with E-state index in [-0.39, 0.29) is 5.91 Å². The predicted octanol–water partition coefficient (Wildman–Crippen LogP) is 2.27. The highest BCUT2D eigenvalue weighted by molar-refractivity contribution is 7.12. The van der Waals surface area contributed by atoms with Crippen LogP contribution in [0.25, 0.3) is 0 Å². The summed E-state index contributed by atoms with van der Waals surface area (Å²) in [5.41, 5.74) is 1.07. The van der Waals surface area contributed by atoms with Gasteiger partial charge in [0.1, 0.15) is 0 Å². The minimum absolute atomic E-state index is 0.0727. The molecule has 2 heterocycles. The van der Waals surface area contributed by atoms with Crippen LogP contribution in [0.5, 0.6) is 0 Å². The zero-order valence-corrected chi connectivity index (χ0v) is 11.3. The standard InChI is InChI=1S/C13H20N2OS/c1-10-5-8-17-12(10)13(16)14-9-11(2)15-6-3-4-7-15/h5,8,11H,3-4,6-7,9H2,1-2H3,(H,14,16). The summed E-state index contributed by atoms with van der Waals surface area (Å²) in [5.74, 6) is 0.0727. The molecule has 1 amide bonds. The first-order valence-electron chi connectivity index (χ1n) is 6.25. The Kier molecular flexibility index (Phi) is 4.18. The Balaban J connectivity index is 1.82. The quantitative estimate of drug-likeness (QED) is 0.891. The fraction of sp³-hybridized carbons (Fsp3) is 0.615. The van der Waals surface area contributed by atoms with E-state index in [1.165, 1.54) is 37.3 Å². The third-order valence-electron chi connectivity index (χ3n) is 3.39. The van der Waals surface area contributed by atoms with E-state index in [4.69, 9.17) is 0 Å². The number of thiophene rings is 1. The van der Waals surface area contributed by atoms with Crippen LogP contribution in [-0.2, 0) is 0 Å². The number of likely N-dealkylation sites (tertiary alicyclic amines) is 1. The lowest BCUT2D eigenvalue weighted by Gasteiger charge is -2.23. The van der Waals surface area contributed by atoms with Crippen molar-refractivity contribution in [1.82, 2.24) is 10.2 Å². The fourth-order valence-electron chi connectivity index (χ4n) is 2.24. The minimum atomic E-state index is 0.0727. The molecule has 1 aromatic rings. The SMILES string of the molecule is Cc1ccsc1C(=O)NCC(C)N1CCCC1. The summed E-state index contributed by atoms with van der Waals surface area (Å²) in [6.07, 6.45) is 2.59. The number of nitrogens with zero attached hydrogens (tertiary/aromatic N) is 1. The van der Waals surface area contributed by atoms with Gasteiger partial charge in [-0.15, -0.1) is 11.3 Å². The lowest BCUT2D eigenvalue weighted by atomic mass is 10.2. The summed E-state index contributed by atoms with van der Waals surface area (Å²) in [4.78, 5) is 15.2. The van der Waals surface area contributed by atoms with Gasteiger partial charge >= 0.3 is 0 Å². The maximum Gasteiger partial charge on any atom is 0.261 e. The molecular formula is C13H20N2OS. The Morgan fingerprint density at radius 3 is 2.82 bits per heavy atom. The van der Waals surface area contributed by atoms with Gasteiger partial charge in [-0.05, 0) is 56.8 Å². The molecule has 1 aromatic heterocycles. The monoisotopic (exact) mass is 252 g/mol. The van der Waals surface area contributed by atoms with Crippen LogP contribution in [0.1, 0.15) is 35.0 Å². The van der Waals surface area contributed by atoms with Gasteiger partial charge in [-0.1, -0.05) is 0 Å². The van der Waals surface area contributed by atoms with E-state index in [2.05, 4.69) is 17.1 Å². The summed E-state index contributed by atoms with van der Waals surface area (Å²) >= 11 is 1.52. The molecule has 0 bridgehead atoms. The first-order chi connectivity index (χ1) is 8.18. The van der Waals surface area contributed by atoms with Crippen LogP contribution in [0.4, 0.5) is 0 Å². The van der Waals surface area contributed by atoms with E-state index in [1.54, 1.807) is 0 Å². The van der Waals surface area contributed by atoms with E-state index in [9.17, 15) is 4.79 Å². The van der Waals surface area contributed by atoms with Gasteiger partial charge in [-0.2, -0.15) is 0 Å². The number of hydrogen-bond donors (Lipinski definition) is 1. The van der Waals surface area contributed by atoms with Crippen molar-refractivity contribution in [3.63, 3.8) is 0 Å². The van der Waals surface area contributed by atoms with E-state index in [1.807, 2.05) is 18.4 Å². The summed E-state index contributed by atoms with van der Waals surface area (Å²) in [5, 5.41) is 5.00. The number of amides is 1. The Morgan fingerprint density at radius 1 is 1.53 bits per heavy atom. The molecule has 3 nitrogen and oxygen atoms in total. The normalized spacial score (nSPS) is 18.2. The van der Waals surface area contributed by atoms with Crippen molar-refractivity contribution in [1.29, 1.82) is 0 Å². The maximum atomic E-state index is 11.9. The number of hydrogen-bond acceptors (Lipinski definition) is 3. The first-order valence-corrected chi connectivity index (χ1v) is 7.13. The molecular weight excluding hydrogens is 232 g/mol. The first kappa shape index (κ1) is 12.6. The van der Waals surface area contributed by atoms with Crippen molar-refractivity contribution in [2.75, 3.05) is 19.6 Å². The average Bonchev–Trinajstić information content (AvgIpc) is 2.95. The lowest BCUT2D eigenvalue weighted by molar-refractivity contribution is 0.0944. The van der Waals surface area contributed by atoms with Gasteiger partial charge in [0.15, 0.2) is 0 Å². The molecule has 1 saturated heterocycles. The second-order valence-electron chi connectivity index (χ2n) is 4.73. The van der Waals surface area contributed by atoms with Gasteiger partial charge in [0.25, 0.3) is 5.91 Å². The number of carbonyl (C=O) groups excluding carboxylic acids is 1. The minimum Gasteiger partial charge on any atom is -0.350 e. The highest BCUT2D eigenvalue weighted by Crippen LogP contribution is 2.15. The van der Waals surface area contributed by atoms with Crippen LogP contribution in [0.3, 0.4) is 0 Å². The zero-order chi connectivity index (χ0) is 12.3. The number of carbonyl (C=O) groups is 1. The molecule has 4 heteroatoms. The third kappa shape index (κ3) is 3.07. The predicted molar refractivity (Wildman–Crippen MR) is 71.7 cm³/mol. The Labute approximate surface area is 107 Å². The summed E-state index contributed by atoms with van der Waals surface area (Å²) in [6.45, 7) is 7.27. The second-order valence-corrected chi connectivity index (χ2v) is 5.65. The highest BCUT2D eigenvalue weighted by atomic mass is 32.1.